The summed E-state index contributed by atoms with van der Waals surface area (Å²) in [4.78, 5) is 22.8. The summed E-state index contributed by atoms with van der Waals surface area (Å²) in [6.07, 6.45) is 0. The number of nitrogens with one attached hydrogen (secondary N) is 2. The lowest BCUT2D eigenvalue weighted by Crippen LogP contribution is -2.26. The van der Waals surface area contributed by atoms with Crippen LogP contribution in [0.5, 0.6) is 17.2 Å². The first kappa shape index (κ1) is 24.4. The number of rotatable bonds is 8. The molecule has 0 aliphatic rings. The van der Waals surface area contributed by atoms with Crippen LogP contribution in [0.25, 0.3) is 0 Å². The zero-order valence-electron chi connectivity index (χ0n) is 16.6. The number of esters is 1. The van der Waals surface area contributed by atoms with E-state index in [1.165, 1.54) is 18.2 Å². The molecule has 0 saturated carbocycles. The number of phenols is 1. The fourth-order valence-electron chi connectivity index (χ4n) is 2.46. The van der Waals surface area contributed by atoms with Crippen LogP contribution in [-0.2, 0) is 24.3 Å². The summed E-state index contributed by atoms with van der Waals surface area (Å²) in [7, 11) is -4.09. The molecule has 0 aliphatic heterocycles. The molecule has 0 fully saturated rings. The van der Waals surface area contributed by atoms with Crippen molar-refractivity contribution in [2.24, 2.45) is 0 Å². The third-order valence-corrected chi connectivity index (χ3v) is 5.56. The van der Waals surface area contributed by atoms with Gasteiger partial charge in [0.15, 0.2) is 0 Å². The lowest BCUT2D eigenvalue weighted by molar-refractivity contribution is -0.152. The van der Waals surface area contributed by atoms with Gasteiger partial charge >= 0.3 is 11.9 Å². The molecule has 0 saturated heterocycles. The number of aliphatic hydroxyl groups is 1. The molecular formula is C19H21ClN2O8S. The van der Waals surface area contributed by atoms with E-state index in [4.69, 9.17) is 21.4 Å². The Bertz CT molecular complexity index is 1070. The summed E-state index contributed by atoms with van der Waals surface area (Å²) < 4.78 is 36.9. The van der Waals surface area contributed by atoms with Crippen LogP contribution in [-0.4, -0.2) is 50.3 Å². The number of ether oxygens (including phenoxy) is 2. The fourth-order valence-corrected chi connectivity index (χ4v) is 3.90. The van der Waals surface area contributed by atoms with Gasteiger partial charge in [0.1, 0.15) is 22.1 Å². The molecule has 2 aromatic carbocycles. The minimum absolute atomic E-state index is 0.0542. The Kier molecular flexibility index (Phi) is 8.22. The molecule has 4 N–H and O–H groups in total. The lowest BCUT2D eigenvalue weighted by atomic mass is 10.2. The second-order valence-corrected chi connectivity index (χ2v) is 8.27. The zero-order valence-corrected chi connectivity index (χ0v) is 18.2. The second kappa shape index (κ2) is 10.4. The van der Waals surface area contributed by atoms with Crippen LogP contribution in [0.4, 0.5) is 5.69 Å². The van der Waals surface area contributed by atoms with Crippen molar-refractivity contribution in [2.45, 2.75) is 18.7 Å². The molecule has 0 heterocycles. The first-order chi connectivity index (χ1) is 14.6. The molecule has 0 aliphatic carbocycles. The normalized spacial score (nSPS) is 11.1. The van der Waals surface area contributed by atoms with Crippen LogP contribution in [0.15, 0.2) is 35.2 Å². The van der Waals surface area contributed by atoms with Gasteiger partial charge in [-0.05, 0) is 43.7 Å². The average Bonchev–Trinajstić information content (AvgIpc) is 2.70. The Balaban J connectivity index is 2.28. The molecule has 0 atom stereocenters. The van der Waals surface area contributed by atoms with Crippen molar-refractivity contribution in [1.29, 1.82) is 0 Å². The van der Waals surface area contributed by atoms with Gasteiger partial charge in [0.2, 0.25) is 10.0 Å². The van der Waals surface area contributed by atoms with Crippen LogP contribution in [0.1, 0.15) is 12.5 Å². The molecule has 31 heavy (non-hydrogen) atoms. The van der Waals surface area contributed by atoms with Crippen molar-refractivity contribution in [3.8, 4) is 17.2 Å². The monoisotopic (exact) mass is 472 g/mol. The summed E-state index contributed by atoms with van der Waals surface area (Å²) in [5.41, 5.74) is 0.706. The number of amides is 1. The highest BCUT2D eigenvalue weighted by Gasteiger charge is 2.21. The van der Waals surface area contributed by atoms with Gasteiger partial charge in [-0.25, -0.2) is 17.9 Å². The number of carbonyl (C=O) groups is 2. The number of aliphatic hydroxyl groups excluding tert-OH is 1. The van der Waals surface area contributed by atoms with E-state index in [0.29, 0.717) is 5.56 Å². The highest BCUT2D eigenvalue weighted by Crippen LogP contribution is 2.37. The Morgan fingerprint density at radius 3 is 2.52 bits per heavy atom. The summed E-state index contributed by atoms with van der Waals surface area (Å²) in [6, 6.07) is 6.43. The van der Waals surface area contributed by atoms with Gasteiger partial charge in [-0.1, -0.05) is 11.6 Å². The topological polar surface area (TPSA) is 151 Å². The Hall–Kier alpha value is -2.86. The molecule has 1 amide bonds. The standard InChI is InChI=1S/C19H21ClN2O8S/c1-3-29-19(26)18(25)22-12-8-11(2)17(14(20)9-12)30-13-4-5-15(24)16(10-13)31(27,28)21-6-7-23/h4-5,8-10,21,23-24H,3,6-7H2,1-2H3,(H,22,25). The molecule has 0 spiro atoms. The van der Waals surface area contributed by atoms with E-state index in [-0.39, 0.29) is 35.4 Å². The lowest BCUT2D eigenvalue weighted by Gasteiger charge is -2.14. The molecule has 2 rings (SSSR count). The number of aromatic hydroxyl groups is 1. The summed E-state index contributed by atoms with van der Waals surface area (Å²) in [5.74, 6) is -2.26. The van der Waals surface area contributed by atoms with Crippen LogP contribution in [0.3, 0.4) is 0 Å². The number of hydrogen-bond donors (Lipinski definition) is 4. The predicted octanol–water partition coefficient (Wildman–Crippen LogP) is 1.92. The number of aryl methyl sites for hydroxylation is 1. The third-order valence-electron chi connectivity index (χ3n) is 3.79. The number of halogens is 1. The number of phenolic OH excluding ortho intramolecular Hbond substituents is 1. The maximum atomic E-state index is 12.3. The van der Waals surface area contributed by atoms with E-state index in [0.717, 1.165) is 12.1 Å². The van der Waals surface area contributed by atoms with Gasteiger partial charge in [0.05, 0.1) is 18.2 Å². The molecule has 2 aromatic rings. The predicted molar refractivity (Wildman–Crippen MR) is 112 cm³/mol. The summed E-state index contributed by atoms with van der Waals surface area (Å²) in [5, 5.41) is 21.2. The Morgan fingerprint density at radius 1 is 1.19 bits per heavy atom. The maximum Gasteiger partial charge on any atom is 0.397 e. The van der Waals surface area contributed by atoms with Gasteiger partial charge in [-0.15, -0.1) is 0 Å². The van der Waals surface area contributed by atoms with E-state index >= 15 is 0 Å². The van der Waals surface area contributed by atoms with Gasteiger partial charge < -0.3 is 25.0 Å². The molecule has 0 unspecified atom stereocenters. The maximum absolute atomic E-state index is 12.3. The van der Waals surface area contributed by atoms with Crippen molar-refractivity contribution in [3.63, 3.8) is 0 Å². The molecular weight excluding hydrogens is 452 g/mol. The van der Waals surface area contributed by atoms with E-state index in [1.54, 1.807) is 13.8 Å². The van der Waals surface area contributed by atoms with Gasteiger partial charge in [0.25, 0.3) is 0 Å². The van der Waals surface area contributed by atoms with E-state index in [2.05, 4.69) is 14.8 Å². The molecule has 168 valence electrons. The number of hydrogen-bond acceptors (Lipinski definition) is 8. The fraction of sp³-hybridized carbons (Fsp3) is 0.263. The minimum Gasteiger partial charge on any atom is -0.507 e. The Morgan fingerprint density at radius 2 is 1.90 bits per heavy atom. The number of benzene rings is 2. The SMILES string of the molecule is CCOC(=O)C(=O)Nc1cc(C)c(Oc2ccc(O)c(S(=O)(=O)NCCO)c2)c(Cl)c1. The first-order valence-electron chi connectivity index (χ1n) is 8.98. The molecule has 12 heteroatoms. The van der Waals surface area contributed by atoms with Crippen molar-refractivity contribution in [2.75, 3.05) is 25.1 Å². The highest BCUT2D eigenvalue weighted by atomic mass is 35.5. The quantitative estimate of drug-likeness (QED) is 0.336. The zero-order chi connectivity index (χ0) is 23.2. The van der Waals surface area contributed by atoms with Crippen LogP contribution < -0.4 is 14.8 Å². The van der Waals surface area contributed by atoms with Gasteiger partial charge in [-0.3, -0.25) is 4.79 Å². The summed E-state index contributed by atoms with van der Waals surface area (Å²) in [6.45, 7) is 2.61. The second-order valence-electron chi connectivity index (χ2n) is 6.13. The molecule has 0 radical (unpaired) electrons. The summed E-state index contributed by atoms with van der Waals surface area (Å²) >= 11 is 6.24. The van der Waals surface area contributed by atoms with Crippen LogP contribution >= 0.6 is 11.6 Å². The van der Waals surface area contributed by atoms with E-state index < -0.39 is 39.2 Å². The van der Waals surface area contributed by atoms with Crippen molar-refractivity contribution < 1.29 is 37.7 Å². The third kappa shape index (κ3) is 6.31. The van der Waals surface area contributed by atoms with Crippen LogP contribution in [0, 0.1) is 6.92 Å². The number of anilines is 1. The smallest absolute Gasteiger partial charge is 0.397 e. The molecule has 0 aromatic heterocycles. The van der Waals surface area contributed by atoms with Gasteiger partial charge in [-0.2, -0.15) is 0 Å². The van der Waals surface area contributed by atoms with E-state index in [1.807, 2.05) is 0 Å². The van der Waals surface area contributed by atoms with Crippen molar-refractivity contribution >= 4 is 39.2 Å². The largest absolute Gasteiger partial charge is 0.507 e. The Labute approximate surface area is 183 Å². The van der Waals surface area contributed by atoms with Gasteiger partial charge in [0, 0.05) is 18.3 Å². The number of carbonyl (C=O) groups excluding carboxylic acids is 2. The van der Waals surface area contributed by atoms with Crippen molar-refractivity contribution in [3.05, 3.63) is 40.9 Å². The van der Waals surface area contributed by atoms with E-state index in [9.17, 15) is 23.1 Å². The van der Waals surface area contributed by atoms with Crippen molar-refractivity contribution in [1.82, 2.24) is 4.72 Å². The number of sulfonamides is 1. The average molecular weight is 473 g/mol. The molecule has 10 nitrogen and oxygen atoms in total. The highest BCUT2D eigenvalue weighted by molar-refractivity contribution is 7.89. The van der Waals surface area contributed by atoms with Crippen LogP contribution in [0.2, 0.25) is 5.02 Å². The first-order valence-corrected chi connectivity index (χ1v) is 10.8. The minimum atomic E-state index is -4.09. The molecule has 0 bridgehead atoms.